The molecular weight excluding hydrogens is 214 g/mol. The summed E-state index contributed by atoms with van der Waals surface area (Å²) >= 11 is 0. The first kappa shape index (κ1) is 12.9. The fourth-order valence-electron chi connectivity index (χ4n) is 1.63. The van der Waals surface area contributed by atoms with Crippen molar-refractivity contribution >= 4 is 9.84 Å². The maximum Gasteiger partial charge on any atom is 0.152 e. The lowest BCUT2D eigenvalue weighted by molar-refractivity contribution is 0.0988. The van der Waals surface area contributed by atoms with Crippen LogP contribution in [0.4, 0.5) is 0 Å². The number of ether oxygens (including phenoxy) is 1. The molecule has 0 spiro atoms. The maximum absolute atomic E-state index is 11.2. The number of nitrogens with one attached hydrogen (secondary N) is 1. The molecule has 1 saturated heterocycles. The lowest BCUT2D eigenvalue weighted by Crippen LogP contribution is -2.30. The summed E-state index contributed by atoms with van der Waals surface area (Å²) in [4.78, 5) is 0. The summed E-state index contributed by atoms with van der Waals surface area (Å²) in [6, 6.07) is 0. The van der Waals surface area contributed by atoms with Crippen LogP contribution in [0, 0.1) is 5.92 Å². The van der Waals surface area contributed by atoms with Gasteiger partial charge < -0.3 is 10.1 Å². The first-order valence-electron chi connectivity index (χ1n) is 5.63. The van der Waals surface area contributed by atoms with E-state index in [2.05, 4.69) is 5.32 Å². The van der Waals surface area contributed by atoms with E-state index in [4.69, 9.17) is 4.74 Å². The van der Waals surface area contributed by atoms with Crippen molar-refractivity contribution in [2.75, 3.05) is 37.8 Å². The molecule has 1 fully saturated rings. The van der Waals surface area contributed by atoms with Crippen LogP contribution < -0.4 is 5.32 Å². The number of hydrogen-bond donors (Lipinski definition) is 1. The van der Waals surface area contributed by atoms with Gasteiger partial charge in [0.1, 0.15) is 0 Å². The Morgan fingerprint density at radius 2 is 2.00 bits per heavy atom. The summed E-state index contributed by atoms with van der Waals surface area (Å²) in [6.07, 6.45) is 2.28. The SMILES string of the molecule is CCS(=O)(=O)CCOCC1CCNCC1. The van der Waals surface area contributed by atoms with E-state index in [1.54, 1.807) is 6.92 Å². The average molecular weight is 235 g/mol. The maximum atomic E-state index is 11.2. The summed E-state index contributed by atoms with van der Waals surface area (Å²) in [5, 5.41) is 3.29. The Balaban J connectivity index is 2.06. The third-order valence-electron chi connectivity index (χ3n) is 2.79. The Labute approximate surface area is 92.3 Å². The first-order chi connectivity index (χ1) is 7.14. The summed E-state index contributed by atoms with van der Waals surface area (Å²) in [5.74, 6) is 0.980. The molecule has 0 amide bonds. The zero-order valence-corrected chi connectivity index (χ0v) is 10.2. The molecule has 0 aromatic heterocycles. The van der Waals surface area contributed by atoms with Crippen molar-refractivity contribution < 1.29 is 13.2 Å². The van der Waals surface area contributed by atoms with Crippen LogP contribution in [0.25, 0.3) is 0 Å². The van der Waals surface area contributed by atoms with Crippen molar-refractivity contribution in [3.63, 3.8) is 0 Å². The highest BCUT2D eigenvalue weighted by Crippen LogP contribution is 2.11. The molecule has 0 aromatic rings. The molecule has 1 N–H and O–H groups in total. The Hall–Kier alpha value is -0.130. The molecule has 0 saturated carbocycles. The molecular formula is C10H21NO3S. The van der Waals surface area contributed by atoms with E-state index in [1.165, 1.54) is 0 Å². The summed E-state index contributed by atoms with van der Waals surface area (Å²) in [5.41, 5.74) is 0. The molecule has 1 aliphatic rings. The van der Waals surface area contributed by atoms with E-state index in [9.17, 15) is 8.42 Å². The van der Waals surface area contributed by atoms with Crippen molar-refractivity contribution in [3.05, 3.63) is 0 Å². The van der Waals surface area contributed by atoms with Gasteiger partial charge in [-0.05, 0) is 31.8 Å². The monoisotopic (exact) mass is 235 g/mol. The second kappa shape index (κ2) is 6.45. The van der Waals surface area contributed by atoms with Gasteiger partial charge >= 0.3 is 0 Å². The standard InChI is InChI=1S/C10H21NO3S/c1-2-15(12,13)8-7-14-9-10-3-5-11-6-4-10/h10-11H,2-9H2,1H3. The molecule has 1 aliphatic heterocycles. The topological polar surface area (TPSA) is 55.4 Å². The fourth-order valence-corrected chi connectivity index (χ4v) is 2.29. The van der Waals surface area contributed by atoms with E-state index in [1.807, 2.05) is 0 Å². The van der Waals surface area contributed by atoms with Gasteiger partial charge in [-0.15, -0.1) is 0 Å². The molecule has 0 atom stereocenters. The van der Waals surface area contributed by atoms with Crippen molar-refractivity contribution in [3.8, 4) is 0 Å². The summed E-state index contributed by atoms with van der Waals surface area (Å²) in [6.45, 7) is 4.84. The predicted octanol–water partition coefficient (Wildman–Crippen LogP) is 0.437. The smallest absolute Gasteiger partial charge is 0.152 e. The molecule has 5 heteroatoms. The van der Waals surface area contributed by atoms with Crippen LogP contribution in [0.5, 0.6) is 0 Å². The molecule has 0 radical (unpaired) electrons. The number of piperidine rings is 1. The lowest BCUT2D eigenvalue weighted by atomic mass is 9.99. The minimum absolute atomic E-state index is 0.161. The highest BCUT2D eigenvalue weighted by molar-refractivity contribution is 7.91. The quantitative estimate of drug-likeness (QED) is 0.679. The van der Waals surface area contributed by atoms with Crippen LogP contribution >= 0.6 is 0 Å². The lowest BCUT2D eigenvalue weighted by Gasteiger charge is -2.22. The van der Waals surface area contributed by atoms with E-state index < -0.39 is 9.84 Å². The normalized spacial score (nSPS) is 19.3. The average Bonchev–Trinajstić information content (AvgIpc) is 2.26. The van der Waals surface area contributed by atoms with Crippen molar-refractivity contribution in [1.82, 2.24) is 5.32 Å². The van der Waals surface area contributed by atoms with Crippen LogP contribution in [-0.2, 0) is 14.6 Å². The second-order valence-corrected chi connectivity index (χ2v) is 6.48. The molecule has 1 heterocycles. The van der Waals surface area contributed by atoms with Crippen LogP contribution in [0.3, 0.4) is 0 Å². The third kappa shape index (κ3) is 5.49. The molecule has 0 bridgehead atoms. The van der Waals surface area contributed by atoms with Crippen molar-refractivity contribution in [1.29, 1.82) is 0 Å². The minimum atomic E-state index is -2.86. The molecule has 0 aromatic carbocycles. The molecule has 0 unspecified atom stereocenters. The number of hydrogen-bond acceptors (Lipinski definition) is 4. The van der Waals surface area contributed by atoms with Crippen LogP contribution in [0.15, 0.2) is 0 Å². The van der Waals surface area contributed by atoms with E-state index in [0.29, 0.717) is 19.1 Å². The molecule has 1 rings (SSSR count). The van der Waals surface area contributed by atoms with E-state index in [0.717, 1.165) is 25.9 Å². The summed E-state index contributed by atoms with van der Waals surface area (Å²) in [7, 11) is -2.86. The number of rotatable bonds is 6. The molecule has 15 heavy (non-hydrogen) atoms. The Kier molecular flexibility index (Phi) is 5.56. The van der Waals surface area contributed by atoms with Gasteiger partial charge in [-0.3, -0.25) is 0 Å². The molecule has 0 aliphatic carbocycles. The first-order valence-corrected chi connectivity index (χ1v) is 7.45. The van der Waals surface area contributed by atoms with Gasteiger partial charge in [0.15, 0.2) is 9.84 Å². The third-order valence-corrected chi connectivity index (χ3v) is 4.46. The van der Waals surface area contributed by atoms with Gasteiger partial charge in [0, 0.05) is 12.4 Å². The highest BCUT2D eigenvalue weighted by atomic mass is 32.2. The van der Waals surface area contributed by atoms with Gasteiger partial charge in [0.25, 0.3) is 0 Å². The van der Waals surface area contributed by atoms with Gasteiger partial charge in [-0.1, -0.05) is 6.92 Å². The van der Waals surface area contributed by atoms with Gasteiger partial charge in [-0.2, -0.15) is 0 Å². The Morgan fingerprint density at radius 3 is 2.60 bits per heavy atom. The van der Waals surface area contributed by atoms with Gasteiger partial charge in [0.05, 0.1) is 12.4 Å². The zero-order chi connectivity index (χ0) is 11.1. The van der Waals surface area contributed by atoms with E-state index in [-0.39, 0.29) is 11.5 Å². The fraction of sp³-hybridized carbons (Fsp3) is 1.00. The van der Waals surface area contributed by atoms with Crippen LogP contribution in [-0.4, -0.2) is 46.2 Å². The van der Waals surface area contributed by atoms with Crippen molar-refractivity contribution in [2.45, 2.75) is 19.8 Å². The number of sulfone groups is 1. The van der Waals surface area contributed by atoms with Crippen LogP contribution in [0.1, 0.15) is 19.8 Å². The van der Waals surface area contributed by atoms with Crippen molar-refractivity contribution in [2.24, 2.45) is 5.92 Å². The second-order valence-electron chi connectivity index (χ2n) is 4.00. The Bertz CT molecular complexity index is 258. The predicted molar refractivity (Wildman–Crippen MR) is 60.7 cm³/mol. The minimum Gasteiger partial charge on any atom is -0.380 e. The summed E-state index contributed by atoms with van der Waals surface area (Å²) < 4.78 is 27.7. The van der Waals surface area contributed by atoms with Crippen LogP contribution in [0.2, 0.25) is 0 Å². The zero-order valence-electron chi connectivity index (χ0n) is 9.37. The van der Waals surface area contributed by atoms with Gasteiger partial charge in [-0.25, -0.2) is 8.42 Å². The molecule has 90 valence electrons. The Morgan fingerprint density at radius 1 is 1.33 bits per heavy atom. The van der Waals surface area contributed by atoms with E-state index >= 15 is 0 Å². The highest BCUT2D eigenvalue weighted by Gasteiger charge is 2.13. The largest absolute Gasteiger partial charge is 0.380 e. The molecule has 4 nitrogen and oxygen atoms in total. The van der Waals surface area contributed by atoms with Gasteiger partial charge in [0.2, 0.25) is 0 Å².